The van der Waals surface area contributed by atoms with Gasteiger partial charge in [0.05, 0.1) is 36.8 Å². The van der Waals surface area contributed by atoms with Crippen LogP contribution in [0, 0.1) is 20.8 Å². The van der Waals surface area contributed by atoms with Crippen LogP contribution in [0.3, 0.4) is 0 Å². The predicted octanol–water partition coefficient (Wildman–Crippen LogP) is 6.73. The Balaban J connectivity index is 1.74. The number of carbonyl (C=O) groups excluding carboxylic acids is 1. The summed E-state index contributed by atoms with van der Waals surface area (Å²) in [5.74, 6) is 1.40. The van der Waals surface area contributed by atoms with Crippen molar-refractivity contribution in [3.05, 3.63) is 58.3 Å². The van der Waals surface area contributed by atoms with Crippen LogP contribution in [0.5, 0.6) is 17.2 Å². The predicted molar refractivity (Wildman–Crippen MR) is 125 cm³/mol. The molecule has 0 unspecified atom stereocenters. The van der Waals surface area contributed by atoms with Crippen LogP contribution in [-0.2, 0) is 17.3 Å². The van der Waals surface area contributed by atoms with Gasteiger partial charge >= 0.3 is 12.3 Å². The molecule has 1 aromatic heterocycles. The number of ether oxygens (including phenoxy) is 4. The molecule has 0 fully saturated rings. The van der Waals surface area contributed by atoms with Gasteiger partial charge in [-0.1, -0.05) is 6.92 Å². The van der Waals surface area contributed by atoms with Crippen molar-refractivity contribution in [3.8, 4) is 17.2 Å². The van der Waals surface area contributed by atoms with Gasteiger partial charge in [0.25, 0.3) is 0 Å². The standard InChI is InChI=1S/C26H28F3NO5/c1-6-20-16(3)24(35-25(31)32-5)22-17(4)23(15(2)14-21(22)30-20)34-13-7-12-33-19-10-8-18(9-11-19)26(27,28)29/h8-11,14H,6-7,12-13H2,1-5H3. The Labute approximate surface area is 202 Å². The topological polar surface area (TPSA) is 66.9 Å². The van der Waals surface area contributed by atoms with Gasteiger partial charge in [0, 0.05) is 23.2 Å². The zero-order valence-electron chi connectivity index (χ0n) is 20.3. The summed E-state index contributed by atoms with van der Waals surface area (Å²) in [5, 5.41) is 0.673. The molecule has 0 aliphatic carbocycles. The van der Waals surface area contributed by atoms with Crippen LogP contribution in [0.15, 0.2) is 30.3 Å². The minimum atomic E-state index is -4.38. The molecule has 0 N–H and O–H groups in total. The van der Waals surface area contributed by atoms with Gasteiger partial charge in [0.2, 0.25) is 0 Å². The maximum Gasteiger partial charge on any atom is 0.513 e. The Bertz CT molecular complexity index is 1210. The van der Waals surface area contributed by atoms with Crippen LogP contribution in [0.25, 0.3) is 10.9 Å². The van der Waals surface area contributed by atoms with E-state index in [1.54, 1.807) is 0 Å². The second kappa shape index (κ2) is 10.8. The van der Waals surface area contributed by atoms with Crippen LogP contribution in [0.2, 0.25) is 0 Å². The molecule has 0 aliphatic heterocycles. The molecule has 0 amide bonds. The maximum absolute atomic E-state index is 12.7. The molecule has 9 heteroatoms. The van der Waals surface area contributed by atoms with Crippen molar-refractivity contribution in [1.82, 2.24) is 4.98 Å². The van der Waals surface area contributed by atoms with E-state index in [1.165, 1.54) is 19.2 Å². The molecule has 3 rings (SSSR count). The second-order valence-corrected chi connectivity index (χ2v) is 8.04. The van der Waals surface area contributed by atoms with Crippen molar-refractivity contribution in [2.24, 2.45) is 0 Å². The van der Waals surface area contributed by atoms with Gasteiger partial charge in [0.15, 0.2) is 0 Å². The Morgan fingerprint density at radius 3 is 2.23 bits per heavy atom. The molecule has 35 heavy (non-hydrogen) atoms. The summed E-state index contributed by atoms with van der Waals surface area (Å²) in [6, 6.07) is 6.45. The number of methoxy groups -OCH3 is 1. The van der Waals surface area contributed by atoms with E-state index in [0.29, 0.717) is 47.6 Å². The van der Waals surface area contributed by atoms with Gasteiger partial charge in [-0.2, -0.15) is 13.2 Å². The van der Waals surface area contributed by atoms with Crippen molar-refractivity contribution in [1.29, 1.82) is 0 Å². The SMILES string of the molecule is CCc1nc2cc(C)c(OCCCOc3ccc(C(F)(F)F)cc3)c(C)c2c(OC(=O)OC)c1C. The lowest BCUT2D eigenvalue weighted by molar-refractivity contribution is -0.137. The zero-order chi connectivity index (χ0) is 25.8. The van der Waals surface area contributed by atoms with Crippen LogP contribution < -0.4 is 14.2 Å². The molecule has 0 saturated heterocycles. The van der Waals surface area contributed by atoms with Crippen LogP contribution in [-0.4, -0.2) is 31.5 Å². The van der Waals surface area contributed by atoms with Gasteiger partial charge in [-0.15, -0.1) is 0 Å². The Morgan fingerprint density at radius 2 is 1.63 bits per heavy atom. The van der Waals surface area contributed by atoms with E-state index in [9.17, 15) is 18.0 Å². The average Bonchev–Trinajstić information content (AvgIpc) is 2.81. The van der Waals surface area contributed by atoms with E-state index in [2.05, 4.69) is 0 Å². The molecule has 188 valence electrons. The smallest absolute Gasteiger partial charge is 0.493 e. The van der Waals surface area contributed by atoms with E-state index in [-0.39, 0.29) is 6.61 Å². The third-order valence-corrected chi connectivity index (χ3v) is 5.61. The molecular weight excluding hydrogens is 463 g/mol. The van der Waals surface area contributed by atoms with E-state index in [0.717, 1.165) is 34.5 Å². The van der Waals surface area contributed by atoms with Crippen LogP contribution >= 0.6 is 0 Å². The first-order valence-corrected chi connectivity index (χ1v) is 11.2. The monoisotopic (exact) mass is 491 g/mol. The van der Waals surface area contributed by atoms with Gasteiger partial charge in [0.1, 0.15) is 17.2 Å². The summed E-state index contributed by atoms with van der Waals surface area (Å²) < 4.78 is 59.8. The lowest BCUT2D eigenvalue weighted by Crippen LogP contribution is -2.11. The number of carbonyl (C=O) groups is 1. The summed E-state index contributed by atoms with van der Waals surface area (Å²) in [4.78, 5) is 16.6. The number of rotatable bonds is 8. The molecular formula is C26H28F3NO5. The highest BCUT2D eigenvalue weighted by Gasteiger charge is 2.30. The molecule has 1 heterocycles. The van der Waals surface area contributed by atoms with E-state index >= 15 is 0 Å². The lowest BCUT2D eigenvalue weighted by Gasteiger charge is -2.19. The van der Waals surface area contributed by atoms with Gasteiger partial charge in [-0.25, -0.2) is 4.79 Å². The van der Waals surface area contributed by atoms with Crippen molar-refractivity contribution in [3.63, 3.8) is 0 Å². The molecule has 0 spiro atoms. The van der Waals surface area contributed by atoms with Crippen LogP contribution in [0.4, 0.5) is 18.0 Å². The number of aromatic nitrogens is 1. The fraction of sp³-hybridized carbons (Fsp3) is 0.385. The maximum atomic E-state index is 12.7. The fourth-order valence-electron chi connectivity index (χ4n) is 3.85. The van der Waals surface area contributed by atoms with Crippen molar-refractivity contribution < 1.29 is 36.9 Å². The number of pyridine rings is 1. The second-order valence-electron chi connectivity index (χ2n) is 8.04. The number of hydrogen-bond donors (Lipinski definition) is 0. The number of alkyl halides is 3. The largest absolute Gasteiger partial charge is 0.513 e. The van der Waals surface area contributed by atoms with E-state index in [1.807, 2.05) is 33.8 Å². The highest BCUT2D eigenvalue weighted by atomic mass is 19.4. The quantitative estimate of drug-likeness (QED) is 0.257. The molecule has 6 nitrogen and oxygen atoms in total. The van der Waals surface area contributed by atoms with Crippen molar-refractivity contribution in [2.75, 3.05) is 20.3 Å². The molecule has 0 saturated carbocycles. The Kier molecular flexibility index (Phi) is 8.09. The van der Waals surface area contributed by atoms with E-state index < -0.39 is 17.9 Å². The fourth-order valence-corrected chi connectivity index (χ4v) is 3.85. The minimum Gasteiger partial charge on any atom is -0.493 e. The third kappa shape index (κ3) is 5.96. The number of nitrogens with zero attached hydrogens (tertiary/aromatic N) is 1. The summed E-state index contributed by atoms with van der Waals surface area (Å²) in [5.41, 5.74) is 3.21. The van der Waals surface area contributed by atoms with Crippen molar-refractivity contribution in [2.45, 2.75) is 46.7 Å². The van der Waals surface area contributed by atoms with E-state index in [4.69, 9.17) is 23.9 Å². The normalized spacial score (nSPS) is 11.4. The average molecular weight is 492 g/mol. The first-order chi connectivity index (χ1) is 16.6. The summed E-state index contributed by atoms with van der Waals surface area (Å²) in [6.45, 7) is 8.21. The number of aryl methyl sites for hydroxylation is 3. The zero-order valence-corrected chi connectivity index (χ0v) is 20.3. The lowest BCUT2D eigenvalue weighted by atomic mass is 10.00. The molecule has 0 radical (unpaired) electrons. The number of fused-ring (bicyclic) bond motifs is 1. The van der Waals surface area contributed by atoms with Crippen LogP contribution in [0.1, 0.15) is 41.3 Å². The number of benzene rings is 2. The highest BCUT2D eigenvalue weighted by molar-refractivity contribution is 5.93. The third-order valence-electron chi connectivity index (χ3n) is 5.61. The summed E-state index contributed by atoms with van der Waals surface area (Å²) >= 11 is 0. The molecule has 0 bridgehead atoms. The summed E-state index contributed by atoms with van der Waals surface area (Å²) in [7, 11) is 1.25. The Morgan fingerprint density at radius 1 is 0.971 bits per heavy atom. The summed E-state index contributed by atoms with van der Waals surface area (Å²) in [6.07, 6.45) is -4.01. The molecule has 3 aromatic rings. The molecule has 0 aliphatic rings. The van der Waals surface area contributed by atoms with Crippen molar-refractivity contribution >= 4 is 17.1 Å². The highest BCUT2D eigenvalue weighted by Crippen LogP contribution is 2.39. The Hall–Kier alpha value is -3.49. The van der Waals surface area contributed by atoms with Gasteiger partial charge < -0.3 is 18.9 Å². The number of halogens is 3. The first-order valence-electron chi connectivity index (χ1n) is 11.2. The number of hydrogen-bond acceptors (Lipinski definition) is 6. The first kappa shape index (κ1) is 26.1. The molecule has 0 atom stereocenters. The molecule has 2 aromatic carbocycles. The minimum absolute atomic E-state index is 0.272. The van der Waals surface area contributed by atoms with Gasteiger partial charge in [-0.05, 0) is 63.1 Å². The van der Waals surface area contributed by atoms with Gasteiger partial charge in [-0.3, -0.25) is 4.98 Å².